The first-order chi connectivity index (χ1) is 32.0. The van der Waals surface area contributed by atoms with Gasteiger partial charge in [-0.25, -0.2) is 0 Å². The lowest BCUT2D eigenvalue weighted by molar-refractivity contribution is 0.622. The molecule has 1 nitrogen and oxygen atoms in total. The zero-order chi connectivity index (χ0) is 44.2. The first-order valence-corrected chi connectivity index (χ1v) is 23.1. The third-order valence-electron chi connectivity index (χ3n) is 13.4. The highest BCUT2D eigenvalue weighted by Gasteiger charge is 2.47. The Morgan fingerprint density at radius 3 is 1.82 bits per heavy atom. The Labute approximate surface area is 384 Å². The van der Waals surface area contributed by atoms with Crippen molar-refractivity contribution in [3.8, 4) is 22.3 Å². The fraction of sp³-hybridized carbons (Fsp3) is 0.125. The van der Waals surface area contributed by atoms with E-state index >= 15 is 0 Å². The van der Waals surface area contributed by atoms with Gasteiger partial charge in [-0.1, -0.05) is 243 Å². The summed E-state index contributed by atoms with van der Waals surface area (Å²) in [5, 5.41) is 2.32. The van der Waals surface area contributed by atoms with Gasteiger partial charge in [0.2, 0.25) is 0 Å². The molecule has 316 valence electrons. The van der Waals surface area contributed by atoms with Crippen molar-refractivity contribution in [2.45, 2.75) is 45.4 Å². The van der Waals surface area contributed by atoms with E-state index in [0.717, 1.165) is 33.9 Å². The van der Waals surface area contributed by atoms with Crippen molar-refractivity contribution in [1.82, 2.24) is 0 Å². The minimum Gasteiger partial charge on any atom is -0.455 e. The number of benzene rings is 8. The highest BCUT2D eigenvalue weighted by molar-refractivity contribution is 6.09. The number of hydrogen-bond acceptors (Lipinski definition) is 1. The quantitative estimate of drug-likeness (QED) is 0.168. The topological polar surface area (TPSA) is 13.1 Å². The second kappa shape index (κ2) is 18.3. The molecule has 2 unspecified atom stereocenters. The second-order valence-corrected chi connectivity index (χ2v) is 17.7. The van der Waals surface area contributed by atoms with E-state index in [1.165, 1.54) is 85.2 Å². The molecule has 0 bridgehead atoms. The second-order valence-electron chi connectivity index (χ2n) is 17.7. The van der Waals surface area contributed by atoms with Crippen molar-refractivity contribution < 1.29 is 4.42 Å². The standard InChI is InChI=1S/C38H28O.C13H14.C13H12/c1-25-18-23-31-30-12-5-7-16-34(30)38(35(31)24-25,27-10-3-2-4-11-27)28-21-19-26(20-22-28)29-14-9-15-33-32-13-6-8-17-36(32)39-37(29)33;2*1-11-7-9-13(10-8-11)12-5-3-2-4-6-12/h2-23,25H,24H2,1H3;2-3,5,7-10H,4,6H2,1H3;2-10H,1H3. The van der Waals surface area contributed by atoms with Gasteiger partial charge in [0.25, 0.3) is 0 Å². The molecule has 1 heterocycles. The van der Waals surface area contributed by atoms with Crippen molar-refractivity contribution in [2.75, 3.05) is 0 Å². The Hall–Kier alpha value is -7.48. The minimum absolute atomic E-state index is 0.309. The van der Waals surface area contributed by atoms with Gasteiger partial charge in [-0.15, -0.1) is 0 Å². The highest BCUT2D eigenvalue weighted by atomic mass is 16.3. The van der Waals surface area contributed by atoms with Crippen LogP contribution in [-0.2, 0) is 5.41 Å². The van der Waals surface area contributed by atoms with Crippen molar-refractivity contribution in [1.29, 1.82) is 0 Å². The molecule has 0 saturated heterocycles. The van der Waals surface area contributed by atoms with Crippen molar-refractivity contribution in [3.05, 3.63) is 275 Å². The summed E-state index contributed by atoms with van der Waals surface area (Å²) in [6.07, 6.45) is 14.7. The van der Waals surface area contributed by atoms with Crippen LogP contribution in [0.15, 0.2) is 241 Å². The van der Waals surface area contributed by atoms with Gasteiger partial charge >= 0.3 is 0 Å². The molecule has 0 aliphatic heterocycles. The lowest BCUT2D eigenvalue weighted by Gasteiger charge is -2.37. The van der Waals surface area contributed by atoms with Crippen LogP contribution in [0, 0.1) is 19.8 Å². The number of allylic oxidation sites excluding steroid dienone is 8. The smallest absolute Gasteiger partial charge is 0.143 e. The molecule has 2 atom stereocenters. The average molecular weight is 839 g/mol. The van der Waals surface area contributed by atoms with E-state index in [2.05, 4.69) is 233 Å². The zero-order valence-corrected chi connectivity index (χ0v) is 37.5. The summed E-state index contributed by atoms with van der Waals surface area (Å²) >= 11 is 0. The van der Waals surface area contributed by atoms with Crippen LogP contribution in [0.3, 0.4) is 0 Å². The monoisotopic (exact) mass is 838 g/mol. The molecule has 1 heteroatoms. The van der Waals surface area contributed by atoms with Crippen LogP contribution in [0.25, 0.3) is 55.3 Å². The van der Waals surface area contributed by atoms with Gasteiger partial charge in [-0.3, -0.25) is 0 Å². The first-order valence-electron chi connectivity index (χ1n) is 23.1. The molecule has 3 aliphatic rings. The summed E-state index contributed by atoms with van der Waals surface area (Å²) in [5.74, 6) is 0.506. The summed E-state index contributed by atoms with van der Waals surface area (Å²) in [6.45, 7) is 6.56. The maximum absolute atomic E-state index is 6.37. The van der Waals surface area contributed by atoms with Crippen LogP contribution >= 0.6 is 0 Å². The average Bonchev–Trinajstić information content (AvgIpc) is 3.89. The van der Waals surface area contributed by atoms with Crippen molar-refractivity contribution in [2.24, 2.45) is 5.92 Å². The Morgan fingerprint density at radius 2 is 1.09 bits per heavy atom. The molecule has 12 rings (SSSR count). The van der Waals surface area contributed by atoms with Gasteiger partial charge in [-0.05, 0) is 106 Å². The highest BCUT2D eigenvalue weighted by Crippen LogP contribution is 2.58. The van der Waals surface area contributed by atoms with E-state index in [0.29, 0.717) is 5.92 Å². The van der Waals surface area contributed by atoms with Crippen LogP contribution in [-0.4, -0.2) is 0 Å². The van der Waals surface area contributed by atoms with E-state index in [-0.39, 0.29) is 5.41 Å². The molecule has 0 radical (unpaired) electrons. The third kappa shape index (κ3) is 8.16. The molecule has 65 heavy (non-hydrogen) atoms. The predicted octanol–water partition coefficient (Wildman–Crippen LogP) is 17.3. The van der Waals surface area contributed by atoms with Gasteiger partial charge in [-0.2, -0.15) is 0 Å². The maximum atomic E-state index is 6.37. The van der Waals surface area contributed by atoms with E-state index in [1.54, 1.807) is 0 Å². The van der Waals surface area contributed by atoms with E-state index in [9.17, 15) is 0 Å². The van der Waals surface area contributed by atoms with E-state index in [1.807, 2.05) is 18.2 Å². The molecule has 1 aromatic heterocycles. The Morgan fingerprint density at radius 1 is 0.508 bits per heavy atom. The Kier molecular flexibility index (Phi) is 11.7. The number of furan rings is 1. The van der Waals surface area contributed by atoms with Crippen molar-refractivity contribution in [3.63, 3.8) is 0 Å². The zero-order valence-electron chi connectivity index (χ0n) is 37.5. The summed E-state index contributed by atoms with van der Waals surface area (Å²) in [6, 6.07) is 71.9. The Balaban J connectivity index is 0.000000155. The number of rotatable bonds is 5. The van der Waals surface area contributed by atoms with Gasteiger partial charge in [0, 0.05) is 16.3 Å². The van der Waals surface area contributed by atoms with Crippen LogP contribution in [0.4, 0.5) is 0 Å². The van der Waals surface area contributed by atoms with Gasteiger partial charge in [0.05, 0.1) is 5.41 Å². The predicted molar refractivity (Wildman–Crippen MR) is 276 cm³/mol. The number of hydrogen-bond donors (Lipinski definition) is 0. The summed E-state index contributed by atoms with van der Waals surface area (Å²) in [5.41, 5.74) is 20.2. The van der Waals surface area contributed by atoms with Crippen molar-refractivity contribution >= 4 is 33.1 Å². The maximum Gasteiger partial charge on any atom is 0.143 e. The molecule has 0 saturated carbocycles. The number of fused-ring (bicyclic) bond motifs is 5. The van der Waals surface area contributed by atoms with Crippen LogP contribution < -0.4 is 0 Å². The summed E-state index contributed by atoms with van der Waals surface area (Å²) < 4.78 is 6.37. The molecule has 0 amide bonds. The van der Waals surface area contributed by atoms with Gasteiger partial charge in [0.15, 0.2) is 0 Å². The molecule has 8 aromatic carbocycles. The number of para-hydroxylation sites is 2. The molecule has 0 fully saturated rings. The Bertz CT molecular complexity index is 3210. The molecule has 9 aromatic rings. The van der Waals surface area contributed by atoms with Crippen LogP contribution in [0.5, 0.6) is 0 Å². The van der Waals surface area contributed by atoms with Gasteiger partial charge in [0.1, 0.15) is 11.2 Å². The van der Waals surface area contributed by atoms with Crippen LogP contribution in [0.1, 0.15) is 65.1 Å². The fourth-order valence-corrected chi connectivity index (χ4v) is 10.1. The molecule has 3 aliphatic carbocycles. The fourth-order valence-electron chi connectivity index (χ4n) is 10.1. The molecule has 0 N–H and O–H groups in total. The number of aryl methyl sites for hydroxylation is 2. The molecular formula is C64H54O. The van der Waals surface area contributed by atoms with Crippen LogP contribution in [0.2, 0.25) is 0 Å². The largest absolute Gasteiger partial charge is 0.455 e. The lowest BCUT2D eigenvalue weighted by atomic mass is 9.64. The molecule has 0 spiro atoms. The minimum atomic E-state index is -0.309. The summed E-state index contributed by atoms with van der Waals surface area (Å²) in [4.78, 5) is 0. The first kappa shape index (κ1) is 41.5. The van der Waals surface area contributed by atoms with Gasteiger partial charge < -0.3 is 4.42 Å². The van der Waals surface area contributed by atoms with E-state index in [4.69, 9.17) is 4.42 Å². The summed E-state index contributed by atoms with van der Waals surface area (Å²) in [7, 11) is 0. The van der Waals surface area contributed by atoms with E-state index < -0.39 is 0 Å². The molecular weight excluding hydrogens is 785 g/mol. The SMILES string of the molecule is CC1C=CC2=C(C1)C(c1ccccc1)(c1ccc(-c3cccc4c3oc3ccccc34)cc1)c1ccccc12.Cc1ccc(-c2ccccc2)cc1.Cc1ccc(C2=CC=CCC2)cc1. The normalized spacial score (nSPS) is 17.1. The lowest BCUT2D eigenvalue weighted by Crippen LogP contribution is -2.31. The third-order valence-corrected chi connectivity index (χ3v) is 13.4.